The molecule has 4 nitrogen and oxygen atoms in total. The van der Waals surface area contributed by atoms with Crippen LogP contribution >= 0.6 is 0 Å². The number of ether oxygens (including phenoxy) is 2. The van der Waals surface area contributed by atoms with Gasteiger partial charge in [-0.1, -0.05) is 18.2 Å². The quantitative estimate of drug-likeness (QED) is 0.948. The van der Waals surface area contributed by atoms with E-state index in [1.54, 1.807) is 18.2 Å². The molecule has 3 rings (SSSR count). The summed E-state index contributed by atoms with van der Waals surface area (Å²) in [6, 6.07) is 10.4. The maximum absolute atomic E-state index is 13.5. The molecule has 2 aromatic carbocycles. The average Bonchev–Trinajstić information content (AvgIpc) is 2.52. The van der Waals surface area contributed by atoms with E-state index in [4.69, 9.17) is 9.47 Å². The zero-order valence-corrected chi connectivity index (χ0v) is 11.5. The Bertz CT molecular complexity index is 685. The first-order valence-corrected chi connectivity index (χ1v) is 6.76. The minimum Gasteiger partial charge on any atom is -0.486 e. The van der Waals surface area contributed by atoms with Crippen molar-refractivity contribution in [1.29, 1.82) is 0 Å². The summed E-state index contributed by atoms with van der Waals surface area (Å²) < 4.78 is 38.2. The number of nitrogens with one attached hydrogen (secondary N) is 1. The average molecular weight is 305 g/mol. The third-order valence-corrected chi connectivity index (χ3v) is 3.25. The summed E-state index contributed by atoms with van der Waals surface area (Å²) in [5.74, 6) is -1.42. The number of rotatable bonds is 3. The molecule has 0 saturated heterocycles. The molecular formula is C16H13F2NO3. The van der Waals surface area contributed by atoms with Crippen LogP contribution in [0.3, 0.4) is 0 Å². The first-order valence-electron chi connectivity index (χ1n) is 6.76. The molecule has 1 heterocycles. The van der Waals surface area contributed by atoms with E-state index >= 15 is 0 Å². The van der Waals surface area contributed by atoms with Crippen LogP contribution in [0.25, 0.3) is 0 Å². The van der Waals surface area contributed by atoms with Gasteiger partial charge in [0.05, 0.1) is 6.54 Å². The van der Waals surface area contributed by atoms with Gasteiger partial charge in [-0.15, -0.1) is 0 Å². The second-order valence-corrected chi connectivity index (χ2v) is 4.80. The molecule has 1 N–H and O–H groups in total. The number of hydrogen-bond acceptors (Lipinski definition) is 3. The molecule has 0 aliphatic carbocycles. The van der Waals surface area contributed by atoms with Gasteiger partial charge >= 0.3 is 0 Å². The lowest BCUT2D eigenvalue weighted by Crippen LogP contribution is -2.41. The minimum absolute atomic E-state index is 0.0843. The molecule has 0 saturated carbocycles. The highest BCUT2D eigenvalue weighted by molar-refractivity contribution is 5.94. The number of carbonyl (C=O) groups excluding carboxylic acids is 1. The summed E-state index contributed by atoms with van der Waals surface area (Å²) in [4.78, 5) is 11.9. The Morgan fingerprint density at radius 2 is 1.77 bits per heavy atom. The maximum Gasteiger partial charge on any atom is 0.257 e. The van der Waals surface area contributed by atoms with Crippen LogP contribution in [-0.4, -0.2) is 25.2 Å². The molecule has 1 atom stereocenters. The van der Waals surface area contributed by atoms with Gasteiger partial charge in [-0.2, -0.15) is 0 Å². The topological polar surface area (TPSA) is 47.6 Å². The van der Waals surface area contributed by atoms with Crippen LogP contribution in [-0.2, 0) is 0 Å². The molecule has 0 bridgehead atoms. The zero-order valence-electron chi connectivity index (χ0n) is 11.5. The van der Waals surface area contributed by atoms with Crippen molar-refractivity contribution >= 4 is 5.91 Å². The predicted molar refractivity (Wildman–Crippen MR) is 75.0 cm³/mol. The smallest absolute Gasteiger partial charge is 0.257 e. The van der Waals surface area contributed by atoms with Crippen molar-refractivity contribution in [2.45, 2.75) is 6.10 Å². The normalized spacial score (nSPS) is 16.2. The SMILES string of the molecule is O=C(NCC1COc2ccccc2O1)c1c(F)cccc1F. The van der Waals surface area contributed by atoms with E-state index in [0.717, 1.165) is 12.1 Å². The largest absolute Gasteiger partial charge is 0.486 e. The van der Waals surface area contributed by atoms with Crippen LogP contribution in [0.4, 0.5) is 8.78 Å². The van der Waals surface area contributed by atoms with Crippen molar-refractivity contribution in [2.24, 2.45) is 0 Å². The van der Waals surface area contributed by atoms with E-state index < -0.39 is 29.2 Å². The molecule has 22 heavy (non-hydrogen) atoms. The van der Waals surface area contributed by atoms with E-state index in [1.165, 1.54) is 6.07 Å². The van der Waals surface area contributed by atoms with Crippen molar-refractivity contribution < 1.29 is 23.0 Å². The van der Waals surface area contributed by atoms with Gasteiger partial charge in [0.15, 0.2) is 11.5 Å². The number of fused-ring (bicyclic) bond motifs is 1. The molecule has 6 heteroatoms. The first kappa shape index (κ1) is 14.3. The summed E-state index contributed by atoms with van der Waals surface area (Å²) >= 11 is 0. The van der Waals surface area contributed by atoms with Gasteiger partial charge in [0, 0.05) is 0 Å². The fraction of sp³-hybridized carbons (Fsp3) is 0.188. The lowest BCUT2D eigenvalue weighted by molar-refractivity contribution is 0.0784. The highest BCUT2D eigenvalue weighted by Crippen LogP contribution is 2.30. The van der Waals surface area contributed by atoms with E-state index in [-0.39, 0.29) is 13.2 Å². The molecule has 1 aliphatic rings. The molecule has 1 unspecified atom stereocenters. The van der Waals surface area contributed by atoms with Crippen molar-refractivity contribution in [2.75, 3.05) is 13.2 Å². The lowest BCUT2D eigenvalue weighted by Gasteiger charge is -2.26. The third kappa shape index (κ3) is 2.86. The zero-order chi connectivity index (χ0) is 15.5. The molecule has 0 spiro atoms. The number of benzene rings is 2. The van der Waals surface area contributed by atoms with Crippen molar-refractivity contribution in [1.82, 2.24) is 5.32 Å². The lowest BCUT2D eigenvalue weighted by atomic mass is 10.2. The molecule has 0 fully saturated rings. The Kier molecular flexibility index (Phi) is 3.91. The number of hydrogen-bond donors (Lipinski definition) is 1. The van der Waals surface area contributed by atoms with Gasteiger partial charge in [0.25, 0.3) is 5.91 Å². The molecule has 0 aromatic heterocycles. The Balaban J connectivity index is 1.63. The minimum atomic E-state index is -0.899. The summed E-state index contributed by atoms with van der Waals surface area (Å²) in [6.07, 6.45) is -0.423. The summed E-state index contributed by atoms with van der Waals surface area (Å²) in [7, 11) is 0. The Hall–Kier alpha value is -2.63. The Morgan fingerprint density at radius 1 is 1.09 bits per heavy atom. The fourth-order valence-electron chi connectivity index (χ4n) is 2.17. The van der Waals surface area contributed by atoms with Gasteiger partial charge in [0.1, 0.15) is 29.9 Å². The van der Waals surface area contributed by atoms with Crippen LogP contribution in [0.1, 0.15) is 10.4 Å². The summed E-state index contributed by atoms with van der Waals surface area (Å²) in [5, 5.41) is 2.46. The number of halogens is 2. The van der Waals surface area contributed by atoms with E-state index in [1.807, 2.05) is 6.07 Å². The van der Waals surface area contributed by atoms with Crippen LogP contribution in [0, 0.1) is 11.6 Å². The van der Waals surface area contributed by atoms with Crippen LogP contribution in [0.15, 0.2) is 42.5 Å². The maximum atomic E-state index is 13.5. The summed E-state index contributed by atoms with van der Waals surface area (Å²) in [6.45, 7) is 0.331. The molecule has 1 aliphatic heterocycles. The monoisotopic (exact) mass is 305 g/mol. The van der Waals surface area contributed by atoms with Crippen LogP contribution in [0.2, 0.25) is 0 Å². The number of amides is 1. The first-order chi connectivity index (χ1) is 10.6. The van der Waals surface area contributed by atoms with Gasteiger partial charge < -0.3 is 14.8 Å². The molecule has 2 aromatic rings. The second kappa shape index (κ2) is 6.01. The van der Waals surface area contributed by atoms with Gasteiger partial charge in [-0.25, -0.2) is 8.78 Å². The predicted octanol–water partition coefficient (Wildman–Crippen LogP) is 2.53. The third-order valence-electron chi connectivity index (χ3n) is 3.25. The second-order valence-electron chi connectivity index (χ2n) is 4.80. The van der Waals surface area contributed by atoms with E-state index in [2.05, 4.69) is 5.32 Å². The Morgan fingerprint density at radius 3 is 2.50 bits per heavy atom. The molecule has 1 amide bonds. The van der Waals surface area contributed by atoms with Crippen LogP contribution in [0.5, 0.6) is 11.5 Å². The molecular weight excluding hydrogens is 292 g/mol. The molecule has 114 valence electrons. The van der Waals surface area contributed by atoms with Crippen molar-refractivity contribution in [3.05, 3.63) is 59.7 Å². The van der Waals surface area contributed by atoms with Crippen LogP contribution < -0.4 is 14.8 Å². The van der Waals surface area contributed by atoms with Crippen molar-refractivity contribution in [3.8, 4) is 11.5 Å². The summed E-state index contributed by atoms with van der Waals surface area (Å²) in [5.41, 5.74) is -0.598. The van der Waals surface area contributed by atoms with Gasteiger partial charge in [0.2, 0.25) is 0 Å². The van der Waals surface area contributed by atoms with Gasteiger partial charge in [-0.3, -0.25) is 4.79 Å². The Labute approximate surface area is 125 Å². The number of para-hydroxylation sites is 2. The highest BCUT2D eigenvalue weighted by Gasteiger charge is 2.23. The standard InChI is InChI=1S/C16H13F2NO3/c17-11-4-3-5-12(18)15(11)16(20)19-8-10-9-21-13-6-1-2-7-14(13)22-10/h1-7,10H,8-9H2,(H,19,20). The van der Waals surface area contributed by atoms with E-state index in [9.17, 15) is 13.6 Å². The molecule has 0 radical (unpaired) electrons. The van der Waals surface area contributed by atoms with Crippen molar-refractivity contribution in [3.63, 3.8) is 0 Å². The fourth-order valence-corrected chi connectivity index (χ4v) is 2.17. The van der Waals surface area contributed by atoms with Gasteiger partial charge in [-0.05, 0) is 24.3 Å². The van der Waals surface area contributed by atoms with E-state index in [0.29, 0.717) is 11.5 Å². The number of carbonyl (C=O) groups is 1. The highest BCUT2D eigenvalue weighted by atomic mass is 19.1.